The molecule has 0 aliphatic heterocycles. The van der Waals surface area contributed by atoms with Crippen molar-refractivity contribution in [2.75, 3.05) is 0 Å². The van der Waals surface area contributed by atoms with Gasteiger partial charge in [0.05, 0.1) is 21.7 Å². The molecule has 4 aromatic rings. The molecule has 1 N–H and O–H groups in total. The van der Waals surface area contributed by atoms with Crippen LogP contribution in [0.15, 0.2) is 32.9 Å². The maximum Gasteiger partial charge on any atom is 0.259 e. The number of aromatic nitrogens is 3. The van der Waals surface area contributed by atoms with Gasteiger partial charge in [-0.2, -0.15) is 0 Å². The number of nitrogens with one attached hydrogen (secondary N) is 1. The number of thioether (sulfide) groups is 1. The molecule has 0 atom stereocenters. The molecule has 0 aromatic carbocycles. The molecule has 0 unspecified atom stereocenters. The van der Waals surface area contributed by atoms with Crippen molar-refractivity contribution in [3.05, 3.63) is 55.9 Å². The van der Waals surface area contributed by atoms with Crippen molar-refractivity contribution >= 4 is 44.7 Å². The number of rotatable bonds is 5. The number of fused-ring (bicyclic) bond motifs is 1. The van der Waals surface area contributed by atoms with Crippen LogP contribution in [0.3, 0.4) is 0 Å². The van der Waals surface area contributed by atoms with Crippen LogP contribution in [-0.2, 0) is 11.5 Å². The van der Waals surface area contributed by atoms with Gasteiger partial charge in [0.2, 0.25) is 0 Å². The van der Waals surface area contributed by atoms with Crippen LogP contribution in [0.1, 0.15) is 22.0 Å². The number of aryl methyl sites for hydroxylation is 2. The Morgan fingerprint density at radius 3 is 3.00 bits per heavy atom. The maximum absolute atomic E-state index is 12.3. The second kappa shape index (κ2) is 6.78. The predicted octanol–water partition coefficient (Wildman–Crippen LogP) is 4.75. The standard InChI is InChI=1S/C17H15N3O2S3/c1-9-10(2)25-17-15(9)16(21)18-14(19-17)8-23-7-11-6-12(22-20-11)13-4-3-5-24-13/h3-6H,7-8H2,1-2H3,(H,18,19,21). The van der Waals surface area contributed by atoms with Crippen molar-refractivity contribution in [3.8, 4) is 10.6 Å². The molecule has 5 nitrogen and oxygen atoms in total. The molecule has 4 heterocycles. The van der Waals surface area contributed by atoms with Crippen molar-refractivity contribution in [2.24, 2.45) is 0 Å². The average molecular weight is 390 g/mol. The van der Waals surface area contributed by atoms with Crippen LogP contribution in [-0.4, -0.2) is 15.1 Å². The molecule has 0 aliphatic rings. The van der Waals surface area contributed by atoms with Crippen LogP contribution in [0.5, 0.6) is 0 Å². The predicted molar refractivity (Wildman–Crippen MR) is 105 cm³/mol. The minimum absolute atomic E-state index is 0.0520. The van der Waals surface area contributed by atoms with Crippen LogP contribution in [0.25, 0.3) is 20.9 Å². The number of nitrogens with zero attached hydrogens (tertiary/aromatic N) is 2. The molecule has 0 saturated carbocycles. The highest BCUT2D eigenvalue weighted by atomic mass is 32.2. The van der Waals surface area contributed by atoms with Gasteiger partial charge in [0, 0.05) is 16.7 Å². The molecule has 0 saturated heterocycles. The van der Waals surface area contributed by atoms with Crippen LogP contribution in [0.2, 0.25) is 0 Å². The third-order valence-corrected chi connectivity index (χ3v) is 6.86. The summed E-state index contributed by atoms with van der Waals surface area (Å²) in [6.07, 6.45) is 0. The summed E-state index contributed by atoms with van der Waals surface area (Å²) in [4.78, 5) is 22.8. The fraction of sp³-hybridized carbons (Fsp3) is 0.235. The van der Waals surface area contributed by atoms with E-state index < -0.39 is 0 Å². The first kappa shape index (κ1) is 16.6. The zero-order chi connectivity index (χ0) is 17.4. The molecule has 0 fully saturated rings. The quantitative estimate of drug-likeness (QED) is 0.533. The van der Waals surface area contributed by atoms with Crippen LogP contribution >= 0.6 is 34.4 Å². The zero-order valence-electron chi connectivity index (χ0n) is 13.7. The Bertz CT molecular complexity index is 1080. The van der Waals surface area contributed by atoms with Gasteiger partial charge in [0.25, 0.3) is 5.56 Å². The van der Waals surface area contributed by atoms with Gasteiger partial charge in [-0.1, -0.05) is 11.2 Å². The molecule has 128 valence electrons. The Kier molecular flexibility index (Phi) is 4.49. The summed E-state index contributed by atoms with van der Waals surface area (Å²) >= 11 is 4.85. The second-order valence-electron chi connectivity index (χ2n) is 5.63. The molecule has 0 aliphatic carbocycles. The topological polar surface area (TPSA) is 71.8 Å². The molecule has 0 bridgehead atoms. The lowest BCUT2D eigenvalue weighted by atomic mass is 10.2. The van der Waals surface area contributed by atoms with Crippen molar-refractivity contribution in [2.45, 2.75) is 25.4 Å². The van der Waals surface area contributed by atoms with Gasteiger partial charge in [0.15, 0.2) is 5.76 Å². The van der Waals surface area contributed by atoms with E-state index in [4.69, 9.17) is 4.52 Å². The number of thiophene rings is 2. The summed E-state index contributed by atoms with van der Waals surface area (Å²) in [6.45, 7) is 3.99. The van der Waals surface area contributed by atoms with E-state index in [2.05, 4.69) is 15.1 Å². The smallest absolute Gasteiger partial charge is 0.259 e. The fourth-order valence-electron chi connectivity index (χ4n) is 2.53. The minimum atomic E-state index is -0.0520. The van der Waals surface area contributed by atoms with E-state index in [-0.39, 0.29) is 5.56 Å². The van der Waals surface area contributed by atoms with Crippen molar-refractivity contribution in [3.63, 3.8) is 0 Å². The largest absolute Gasteiger partial charge is 0.355 e. The Hall–Kier alpha value is -1.90. The average Bonchev–Trinajstić information content (AvgIpc) is 3.29. The van der Waals surface area contributed by atoms with Crippen molar-refractivity contribution in [1.82, 2.24) is 15.1 Å². The summed E-state index contributed by atoms with van der Waals surface area (Å²) in [5, 5.41) is 6.83. The Balaban J connectivity index is 1.45. The van der Waals surface area contributed by atoms with Gasteiger partial charge in [0.1, 0.15) is 10.7 Å². The van der Waals surface area contributed by atoms with Crippen molar-refractivity contribution < 1.29 is 4.52 Å². The monoisotopic (exact) mass is 389 g/mol. The highest BCUT2D eigenvalue weighted by Crippen LogP contribution is 2.28. The van der Waals surface area contributed by atoms with Crippen molar-refractivity contribution in [1.29, 1.82) is 0 Å². The minimum Gasteiger partial charge on any atom is -0.355 e. The van der Waals surface area contributed by atoms with E-state index in [9.17, 15) is 4.79 Å². The summed E-state index contributed by atoms with van der Waals surface area (Å²) in [5.41, 5.74) is 1.86. The van der Waals surface area contributed by atoms with Gasteiger partial charge in [-0.25, -0.2) is 4.98 Å². The number of hydrogen-bond acceptors (Lipinski definition) is 7. The summed E-state index contributed by atoms with van der Waals surface area (Å²) in [6, 6.07) is 5.96. The number of H-pyrrole nitrogens is 1. The van der Waals surface area contributed by atoms with E-state index in [0.29, 0.717) is 22.7 Å². The van der Waals surface area contributed by atoms with E-state index in [1.165, 1.54) is 0 Å². The molecule has 0 amide bonds. The number of aromatic amines is 1. The molecule has 0 radical (unpaired) electrons. The SMILES string of the molecule is Cc1sc2nc(CSCc3cc(-c4cccs4)on3)[nH]c(=O)c2c1C. The Labute approximate surface area is 156 Å². The molecular weight excluding hydrogens is 374 g/mol. The Morgan fingerprint density at radius 1 is 1.32 bits per heavy atom. The Morgan fingerprint density at radius 2 is 2.20 bits per heavy atom. The molecule has 25 heavy (non-hydrogen) atoms. The van der Waals surface area contributed by atoms with Gasteiger partial charge in [-0.15, -0.1) is 34.4 Å². The lowest BCUT2D eigenvalue weighted by Crippen LogP contribution is -2.10. The first-order valence-electron chi connectivity index (χ1n) is 7.68. The summed E-state index contributed by atoms with van der Waals surface area (Å²) < 4.78 is 5.38. The van der Waals surface area contributed by atoms with E-state index in [1.807, 2.05) is 37.4 Å². The van der Waals surface area contributed by atoms with Crippen LogP contribution < -0.4 is 5.56 Å². The normalized spacial score (nSPS) is 11.4. The maximum atomic E-state index is 12.3. The summed E-state index contributed by atoms with van der Waals surface area (Å²) in [7, 11) is 0. The summed E-state index contributed by atoms with van der Waals surface area (Å²) in [5.74, 6) is 2.83. The first-order valence-corrected chi connectivity index (χ1v) is 10.5. The zero-order valence-corrected chi connectivity index (χ0v) is 16.1. The second-order valence-corrected chi connectivity index (χ2v) is 8.77. The molecule has 8 heteroatoms. The number of hydrogen-bond donors (Lipinski definition) is 1. The molecular formula is C17H15N3O2S3. The lowest BCUT2D eigenvalue weighted by molar-refractivity contribution is 0.427. The van der Waals surface area contributed by atoms with Gasteiger partial charge < -0.3 is 9.51 Å². The first-order chi connectivity index (χ1) is 12.1. The van der Waals surface area contributed by atoms with Gasteiger partial charge >= 0.3 is 0 Å². The van der Waals surface area contributed by atoms with E-state index in [0.717, 1.165) is 31.6 Å². The molecule has 0 spiro atoms. The highest BCUT2D eigenvalue weighted by Gasteiger charge is 2.12. The van der Waals surface area contributed by atoms with E-state index >= 15 is 0 Å². The fourth-order valence-corrected chi connectivity index (χ4v) is 5.03. The van der Waals surface area contributed by atoms with E-state index in [1.54, 1.807) is 34.4 Å². The van der Waals surface area contributed by atoms with Crippen LogP contribution in [0.4, 0.5) is 0 Å². The van der Waals surface area contributed by atoms with Gasteiger partial charge in [-0.05, 0) is 30.9 Å². The lowest BCUT2D eigenvalue weighted by Gasteiger charge is -2.00. The highest BCUT2D eigenvalue weighted by molar-refractivity contribution is 7.97. The van der Waals surface area contributed by atoms with Gasteiger partial charge in [-0.3, -0.25) is 4.79 Å². The molecule has 4 rings (SSSR count). The third-order valence-electron chi connectivity index (χ3n) is 3.90. The third kappa shape index (κ3) is 3.29. The van der Waals surface area contributed by atoms with Crippen LogP contribution in [0, 0.1) is 13.8 Å². The molecule has 4 aromatic heterocycles.